The number of benzene rings is 2. The Morgan fingerprint density at radius 3 is 2.37 bits per heavy atom. The number of aromatic nitrogens is 4. The molecule has 0 atom stereocenters. The number of hydrogen-bond donors (Lipinski definition) is 2. The number of rotatable bonds is 7. The van der Waals surface area contributed by atoms with Gasteiger partial charge in [0.15, 0.2) is 17.0 Å². The third-order valence-corrected chi connectivity index (χ3v) is 10.1. The predicted molar refractivity (Wildman–Crippen MR) is 164 cm³/mol. The number of fused-ring (bicyclic) bond motifs is 1. The topological polar surface area (TPSA) is 105 Å². The minimum Gasteiger partial charge on any atom is -0.355 e. The van der Waals surface area contributed by atoms with Crippen LogP contribution in [0.1, 0.15) is 51.9 Å². The van der Waals surface area contributed by atoms with Crippen LogP contribution < -0.4 is 14.3 Å². The van der Waals surface area contributed by atoms with E-state index in [0.29, 0.717) is 58.8 Å². The van der Waals surface area contributed by atoms with E-state index in [1.807, 2.05) is 60.0 Å². The Kier molecular flexibility index (Phi) is 7.95. The molecule has 0 bridgehead atoms. The summed E-state index contributed by atoms with van der Waals surface area (Å²) in [7, 11) is -3.61. The van der Waals surface area contributed by atoms with Crippen LogP contribution in [0, 0.1) is 0 Å². The fourth-order valence-corrected chi connectivity index (χ4v) is 7.81. The summed E-state index contributed by atoms with van der Waals surface area (Å²) in [5.74, 6) is 1.36. The normalized spacial score (nSPS) is 18.2. The number of piperidine rings is 1. The summed E-state index contributed by atoms with van der Waals surface area (Å²) in [5, 5.41) is 1.21. The zero-order valence-electron chi connectivity index (χ0n) is 22.9. The SMILES string of the molecule is CC1(NS(=O)(=O)NC2CCCCC2)CCN(c2ncnc3c2nc(-c2ccccc2Cl)n3-c2ccc(Cl)cc2)CC1. The first-order valence-electron chi connectivity index (χ1n) is 14.0. The lowest BCUT2D eigenvalue weighted by Gasteiger charge is -2.40. The van der Waals surface area contributed by atoms with Crippen molar-refractivity contribution in [2.45, 2.75) is 63.5 Å². The highest BCUT2D eigenvalue weighted by Gasteiger charge is 2.36. The van der Waals surface area contributed by atoms with E-state index in [1.54, 1.807) is 6.33 Å². The molecule has 1 aliphatic carbocycles. The highest BCUT2D eigenvalue weighted by Crippen LogP contribution is 2.36. The van der Waals surface area contributed by atoms with E-state index >= 15 is 0 Å². The van der Waals surface area contributed by atoms with Crippen LogP contribution in [0.2, 0.25) is 10.0 Å². The second-order valence-corrected chi connectivity index (χ2v) is 13.5. The molecular weight excluding hydrogens is 581 g/mol. The summed E-state index contributed by atoms with van der Waals surface area (Å²) in [6.45, 7) is 3.21. The highest BCUT2D eigenvalue weighted by molar-refractivity contribution is 7.87. The Labute approximate surface area is 250 Å². The number of nitrogens with one attached hydrogen (secondary N) is 2. The van der Waals surface area contributed by atoms with Crippen molar-refractivity contribution >= 4 is 50.4 Å². The lowest BCUT2D eigenvalue weighted by molar-refractivity contribution is 0.324. The summed E-state index contributed by atoms with van der Waals surface area (Å²) in [5.41, 5.74) is 2.37. The minimum absolute atomic E-state index is 0.0160. The molecule has 216 valence electrons. The number of nitrogens with zero attached hydrogens (tertiary/aromatic N) is 5. The molecule has 2 aromatic carbocycles. The van der Waals surface area contributed by atoms with E-state index in [9.17, 15) is 8.42 Å². The molecule has 12 heteroatoms. The van der Waals surface area contributed by atoms with Gasteiger partial charge in [0.25, 0.3) is 10.2 Å². The molecule has 0 radical (unpaired) electrons. The number of halogens is 2. The fourth-order valence-electron chi connectivity index (χ4n) is 5.88. The molecule has 2 fully saturated rings. The summed E-state index contributed by atoms with van der Waals surface area (Å²) in [4.78, 5) is 16.5. The van der Waals surface area contributed by atoms with Gasteiger partial charge in [-0.3, -0.25) is 4.57 Å². The molecule has 1 aliphatic heterocycles. The maximum absolute atomic E-state index is 13.0. The average molecular weight is 615 g/mol. The van der Waals surface area contributed by atoms with E-state index in [0.717, 1.165) is 36.9 Å². The Morgan fingerprint density at radius 2 is 1.66 bits per heavy atom. The van der Waals surface area contributed by atoms with Crippen LogP contribution in [0.3, 0.4) is 0 Å². The molecule has 0 spiro atoms. The van der Waals surface area contributed by atoms with E-state index < -0.39 is 15.7 Å². The third kappa shape index (κ3) is 6.08. The predicted octanol–water partition coefficient (Wildman–Crippen LogP) is 5.90. The van der Waals surface area contributed by atoms with Gasteiger partial charge < -0.3 is 4.90 Å². The summed E-state index contributed by atoms with van der Waals surface area (Å²) < 4.78 is 33.7. The number of anilines is 1. The first-order valence-corrected chi connectivity index (χ1v) is 16.3. The largest absolute Gasteiger partial charge is 0.355 e. The maximum Gasteiger partial charge on any atom is 0.277 e. The van der Waals surface area contributed by atoms with Gasteiger partial charge in [-0.25, -0.2) is 15.0 Å². The van der Waals surface area contributed by atoms with E-state index in [2.05, 4.69) is 24.3 Å². The molecule has 0 amide bonds. The van der Waals surface area contributed by atoms with Crippen LogP contribution in [0.25, 0.3) is 28.2 Å². The van der Waals surface area contributed by atoms with Gasteiger partial charge in [-0.1, -0.05) is 54.6 Å². The maximum atomic E-state index is 13.0. The molecular formula is C29H33Cl2N7O2S. The van der Waals surface area contributed by atoms with Gasteiger partial charge in [0.05, 0.1) is 5.02 Å². The van der Waals surface area contributed by atoms with Crippen LogP contribution in [0.15, 0.2) is 54.9 Å². The van der Waals surface area contributed by atoms with Crippen LogP contribution in [-0.2, 0) is 10.2 Å². The lowest BCUT2D eigenvalue weighted by Crippen LogP contribution is -2.57. The van der Waals surface area contributed by atoms with E-state index in [-0.39, 0.29) is 6.04 Å². The molecule has 1 saturated carbocycles. The molecule has 0 unspecified atom stereocenters. The Bertz CT molecular complexity index is 1650. The second-order valence-electron chi connectivity index (χ2n) is 11.2. The van der Waals surface area contributed by atoms with Gasteiger partial charge in [-0.05, 0) is 69.0 Å². The quantitative estimate of drug-likeness (QED) is 0.269. The van der Waals surface area contributed by atoms with Crippen molar-refractivity contribution in [1.82, 2.24) is 29.0 Å². The van der Waals surface area contributed by atoms with Gasteiger partial charge in [0.1, 0.15) is 12.2 Å². The van der Waals surface area contributed by atoms with Gasteiger partial charge in [-0.15, -0.1) is 0 Å². The third-order valence-electron chi connectivity index (χ3n) is 8.10. The number of imidazole rings is 1. The van der Waals surface area contributed by atoms with Crippen molar-refractivity contribution in [2.75, 3.05) is 18.0 Å². The lowest BCUT2D eigenvalue weighted by atomic mass is 9.91. The second kappa shape index (κ2) is 11.5. The fraction of sp³-hybridized carbons (Fsp3) is 0.414. The zero-order chi connectivity index (χ0) is 28.6. The van der Waals surface area contributed by atoms with Gasteiger partial charge in [0.2, 0.25) is 0 Å². The van der Waals surface area contributed by atoms with Crippen molar-refractivity contribution in [1.29, 1.82) is 0 Å². The minimum atomic E-state index is -3.61. The Balaban J connectivity index is 1.29. The molecule has 2 aromatic heterocycles. The summed E-state index contributed by atoms with van der Waals surface area (Å²) in [6.07, 6.45) is 7.90. The standard InChI is InChI=1S/C29H33Cl2N7O2S/c1-29(36-41(39,40)35-21-7-3-2-4-8-21)15-17-37(18-16-29)27-25-28(33-19-32-27)38(22-13-11-20(30)12-14-22)26(34-25)23-9-5-6-10-24(23)31/h5-6,9-14,19,21,35-36H,2-4,7-8,15-18H2,1H3. The zero-order valence-corrected chi connectivity index (χ0v) is 25.2. The van der Waals surface area contributed by atoms with Crippen LogP contribution in [-0.4, -0.2) is 52.6 Å². The Morgan fingerprint density at radius 1 is 0.951 bits per heavy atom. The van der Waals surface area contributed by atoms with Crippen molar-refractivity contribution in [3.05, 3.63) is 64.9 Å². The molecule has 41 heavy (non-hydrogen) atoms. The molecule has 6 rings (SSSR count). The van der Waals surface area contributed by atoms with Crippen LogP contribution in [0.5, 0.6) is 0 Å². The Hall–Kier alpha value is -2.76. The molecule has 3 heterocycles. The molecule has 2 aliphatic rings. The van der Waals surface area contributed by atoms with Crippen molar-refractivity contribution in [3.8, 4) is 17.1 Å². The summed E-state index contributed by atoms with van der Waals surface area (Å²) in [6, 6.07) is 15.1. The van der Waals surface area contributed by atoms with Gasteiger partial charge >= 0.3 is 0 Å². The first-order chi connectivity index (χ1) is 19.7. The molecule has 2 N–H and O–H groups in total. The van der Waals surface area contributed by atoms with Crippen LogP contribution in [0.4, 0.5) is 5.82 Å². The number of hydrogen-bond acceptors (Lipinski definition) is 6. The van der Waals surface area contributed by atoms with Gasteiger partial charge in [0, 0.05) is 40.9 Å². The van der Waals surface area contributed by atoms with Crippen LogP contribution >= 0.6 is 23.2 Å². The monoisotopic (exact) mass is 613 g/mol. The van der Waals surface area contributed by atoms with Crippen molar-refractivity contribution in [3.63, 3.8) is 0 Å². The molecule has 9 nitrogen and oxygen atoms in total. The average Bonchev–Trinajstić information content (AvgIpc) is 3.33. The molecule has 4 aromatic rings. The molecule has 1 saturated heterocycles. The first kappa shape index (κ1) is 28.4. The highest BCUT2D eigenvalue weighted by atomic mass is 35.5. The van der Waals surface area contributed by atoms with Gasteiger partial charge in [-0.2, -0.15) is 17.9 Å². The van der Waals surface area contributed by atoms with Crippen molar-refractivity contribution in [2.24, 2.45) is 0 Å². The van der Waals surface area contributed by atoms with E-state index in [4.69, 9.17) is 28.2 Å². The van der Waals surface area contributed by atoms with E-state index in [1.165, 1.54) is 6.42 Å². The summed E-state index contributed by atoms with van der Waals surface area (Å²) >= 11 is 12.8. The smallest absolute Gasteiger partial charge is 0.277 e. The van der Waals surface area contributed by atoms with Crippen molar-refractivity contribution < 1.29 is 8.42 Å².